The Bertz CT molecular complexity index is 979. The molecule has 0 amide bonds. The largest absolute Gasteiger partial charge is 0.416 e. The first-order chi connectivity index (χ1) is 12.4. The summed E-state index contributed by atoms with van der Waals surface area (Å²) < 4.78 is 37.9. The van der Waals surface area contributed by atoms with Crippen LogP contribution in [0.25, 0.3) is 11.3 Å². The normalized spacial score (nSPS) is 11.0. The molecule has 2 aromatic carbocycles. The van der Waals surface area contributed by atoms with E-state index in [4.69, 9.17) is 11.6 Å². The molecular formula is C18H10ClF3N4. The summed E-state index contributed by atoms with van der Waals surface area (Å²) in [5.41, 5.74) is 1.57. The third-order valence-electron chi connectivity index (χ3n) is 3.55. The molecule has 0 fully saturated rings. The van der Waals surface area contributed by atoms with Crippen LogP contribution in [0.3, 0.4) is 0 Å². The van der Waals surface area contributed by atoms with Crippen molar-refractivity contribution in [2.24, 2.45) is 0 Å². The van der Waals surface area contributed by atoms with Crippen molar-refractivity contribution >= 4 is 23.0 Å². The Morgan fingerprint density at radius 1 is 1.00 bits per heavy atom. The molecule has 4 nitrogen and oxygen atoms in total. The molecule has 1 aromatic heterocycles. The molecule has 3 rings (SSSR count). The maximum atomic E-state index is 12.6. The Balaban J connectivity index is 1.89. The molecule has 0 saturated carbocycles. The molecule has 0 bridgehead atoms. The van der Waals surface area contributed by atoms with Crippen molar-refractivity contribution in [2.45, 2.75) is 6.18 Å². The minimum absolute atomic E-state index is 0.0543. The molecule has 0 aliphatic rings. The predicted octanol–water partition coefficient (Wildman–Crippen LogP) is 5.43. The van der Waals surface area contributed by atoms with E-state index in [1.165, 1.54) is 18.5 Å². The Hall–Kier alpha value is -3.11. The standard InChI is InChI=1S/C18H10ClF3N4/c19-17-15(9-23)16(24-10-25-17)11-2-1-3-14(8-11)26-13-6-4-12(5-7-13)18(20,21)22/h1-8,10,26H. The van der Waals surface area contributed by atoms with E-state index in [9.17, 15) is 18.4 Å². The van der Waals surface area contributed by atoms with Crippen molar-refractivity contribution in [3.05, 3.63) is 71.1 Å². The van der Waals surface area contributed by atoms with Crippen LogP contribution < -0.4 is 5.32 Å². The lowest BCUT2D eigenvalue weighted by atomic mass is 10.1. The monoisotopic (exact) mass is 374 g/mol. The van der Waals surface area contributed by atoms with Crippen LogP contribution in [0.4, 0.5) is 24.5 Å². The molecule has 0 spiro atoms. The van der Waals surface area contributed by atoms with E-state index in [1.807, 2.05) is 6.07 Å². The third-order valence-corrected chi connectivity index (χ3v) is 3.84. The lowest BCUT2D eigenvalue weighted by Gasteiger charge is -2.11. The highest BCUT2D eigenvalue weighted by Crippen LogP contribution is 2.31. The molecule has 0 saturated heterocycles. The van der Waals surface area contributed by atoms with Gasteiger partial charge in [-0.1, -0.05) is 23.7 Å². The molecule has 0 aliphatic carbocycles. The van der Waals surface area contributed by atoms with Gasteiger partial charge in [0.15, 0.2) is 5.15 Å². The summed E-state index contributed by atoms with van der Waals surface area (Å²) in [4.78, 5) is 7.88. The number of aromatic nitrogens is 2. The van der Waals surface area contributed by atoms with Crippen LogP contribution in [-0.2, 0) is 6.18 Å². The first-order valence-electron chi connectivity index (χ1n) is 7.34. The second-order valence-electron chi connectivity index (χ2n) is 5.28. The number of nitrogens with zero attached hydrogens (tertiary/aromatic N) is 3. The number of anilines is 2. The van der Waals surface area contributed by atoms with Crippen molar-refractivity contribution in [1.29, 1.82) is 5.26 Å². The van der Waals surface area contributed by atoms with Crippen LogP contribution in [0, 0.1) is 11.3 Å². The maximum Gasteiger partial charge on any atom is 0.416 e. The van der Waals surface area contributed by atoms with Gasteiger partial charge in [-0.3, -0.25) is 0 Å². The summed E-state index contributed by atoms with van der Waals surface area (Å²) in [7, 11) is 0. The summed E-state index contributed by atoms with van der Waals surface area (Å²) in [6, 6.07) is 13.6. The SMILES string of the molecule is N#Cc1c(Cl)ncnc1-c1cccc(Nc2ccc(C(F)(F)F)cc2)c1. The van der Waals surface area contributed by atoms with Crippen LogP contribution in [0.1, 0.15) is 11.1 Å². The lowest BCUT2D eigenvalue weighted by Crippen LogP contribution is -2.04. The van der Waals surface area contributed by atoms with Gasteiger partial charge in [-0.2, -0.15) is 18.4 Å². The van der Waals surface area contributed by atoms with E-state index >= 15 is 0 Å². The number of hydrogen-bond donors (Lipinski definition) is 1. The van der Waals surface area contributed by atoms with Crippen molar-refractivity contribution in [3.63, 3.8) is 0 Å². The highest BCUT2D eigenvalue weighted by atomic mass is 35.5. The molecule has 1 N–H and O–H groups in total. The Morgan fingerprint density at radius 3 is 2.38 bits per heavy atom. The van der Waals surface area contributed by atoms with Gasteiger partial charge in [0.25, 0.3) is 0 Å². The molecular weight excluding hydrogens is 365 g/mol. The molecule has 1 heterocycles. The number of halogens is 4. The zero-order valence-electron chi connectivity index (χ0n) is 13.0. The van der Waals surface area contributed by atoms with E-state index in [1.54, 1.807) is 24.3 Å². The summed E-state index contributed by atoms with van der Waals surface area (Å²) in [5.74, 6) is 0. The van der Waals surface area contributed by atoms with Crippen molar-refractivity contribution in [3.8, 4) is 17.3 Å². The van der Waals surface area contributed by atoms with E-state index < -0.39 is 11.7 Å². The minimum atomic E-state index is -4.38. The smallest absolute Gasteiger partial charge is 0.356 e. The van der Waals surface area contributed by atoms with Gasteiger partial charge in [0.2, 0.25) is 0 Å². The van der Waals surface area contributed by atoms with Crippen LogP contribution >= 0.6 is 11.6 Å². The molecule has 3 aromatic rings. The zero-order valence-corrected chi connectivity index (χ0v) is 13.8. The van der Waals surface area contributed by atoms with Gasteiger partial charge in [-0.25, -0.2) is 9.97 Å². The van der Waals surface area contributed by atoms with Crippen LogP contribution in [-0.4, -0.2) is 9.97 Å². The van der Waals surface area contributed by atoms with Crippen LogP contribution in [0.15, 0.2) is 54.9 Å². The van der Waals surface area contributed by atoms with E-state index in [0.29, 0.717) is 22.6 Å². The molecule has 0 radical (unpaired) electrons. The second kappa shape index (κ2) is 7.02. The Labute approximate surface area is 151 Å². The van der Waals surface area contributed by atoms with Gasteiger partial charge < -0.3 is 5.32 Å². The molecule has 26 heavy (non-hydrogen) atoms. The first-order valence-corrected chi connectivity index (χ1v) is 7.71. The average molecular weight is 375 g/mol. The fraction of sp³-hybridized carbons (Fsp3) is 0.0556. The summed E-state index contributed by atoms with van der Waals surface area (Å²) in [5, 5.41) is 12.3. The van der Waals surface area contributed by atoms with E-state index in [-0.39, 0.29) is 10.7 Å². The maximum absolute atomic E-state index is 12.6. The van der Waals surface area contributed by atoms with Gasteiger partial charge in [0, 0.05) is 16.9 Å². The lowest BCUT2D eigenvalue weighted by molar-refractivity contribution is -0.137. The van der Waals surface area contributed by atoms with Gasteiger partial charge in [0.1, 0.15) is 18.0 Å². The van der Waals surface area contributed by atoms with Crippen LogP contribution in [0.5, 0.6) is 0 Å². The Kier molecular flexibility index (Phi) is 4.78. The zero-order chi connectivity index (χ0) is 18.7. The molecule has 130 valence electrons. The number of nitriles is 1. The molecule has 8 heteroatoms. The molecule has 0 unspecified atom stereocenters. The number of benzene rings is 2. The highest BCUT2D eigenvalue weighted by molar-refractivity contribution is 6.30. The average Bonchev–Trinajstić information content (AvgIpc) is 2.61. The van der Waals surface area contributed by atoms with E-state index in [2.05, 4.69) is 15.3 Å². The van der Waals surface area contributed by atoms with Gasteiger partial charge in [-0.05, 0) is 36.4 Å². The minimum Gasteiger partial charge on any atom is -0.356 e. The fourth-order valence-electron chi connectivity index (χ4n) is 2.34. The Morgan fingerprint density at radius 2 is 1.73 bits per heavy atom. The second-order valence-corrected chi connectivity index (χ2v) is 5.64. The van der Waals surface area contributed by atoms with Crippen LogP contribution in [0.2, 0.25) is 5.15 Å². The fourth-order valence-corrected chi connectivity index (χ4v) is 2.51. The highest BCUT2D eigenvalue weighted by Gasteiger charge is 2.29. The molecule has 0 aliphatic heterocycles. The summed E-state index contributed by atoms with van der Waals surface area (Å²) >= 11 is 5.92. The third kappa shape index (κ3) is 3.76. The van der Waals surface area contributed by atoms with Gasteiger partial charge in [-0.15, -0.1) is 0 Å². The van der Waals surface area contributed by atoms with Crippen molar-refractivity contribution in [1.82, 2.24) is 9.97 Å². The number of hydrogen-bond acceptors (Lipinski definition) is 4. The van der Waals surface area contributed by atoms with Crippen molar-refractivity contribution in [2.75, 3.05) is 5.32 Å². The number of rotatable bonds is 3. The van der Waals surface area contributed by atoms with Gasteiger partial charge in [0.05, 0.1) is 11.3 Å². The quantitative estimate of drug-likeness (QED) is 0.621. The van der Waals surface area contributed by atoms with Gasteiger partial charge >= 0.3 is 6.18 Å². The first kappa shape index (κ1) is 17.7. The van der Waals surface area contributed by atoms with Crippen molar-refractivity contribution < 1.29 is 13.2 Å². The van der Waals surface area contributed by atoms with E-state index in [0.717, 1.165) is 12.1 Å². The summed E-state index contributed by atoms with van der Waals surface area (Å²) in [6.07, 6.45) is -3.12. The topological polar surface area (TPSA) is 61.6 Å². The predicted molar refractivity (Wildman–Crippen MR) is 91.9 cm³/mol. The molecule has 0 atom stereocenters. The number of alkyl halides is 3. The summed E-state index contributed by atoms with van der Waals surface area (Å²) in [6.45, 7) is 0. The number of nitrogens with one attached hydrogen (secondary N) is 1.